The summed E-state index contributed by atoms with van der Waals surface area (Å²) in [6, 6.07) is 2.88. The van der Waals surface area contributed by atoms with Gasteiger partial charge in [0.15, 0.2) is 0 Å². The monoisotopic (exact) mass is 290 g/mol. The van der Waals surface area contributed by atoms with Gasteiger partial charge in [-0.2, -0.15) is 0 Å². The summed E-state index contributed by atoms with van der Waals surface area (Å²) in [6.45, 7) is 6.24. The first-order chi connectivity index (χ1) is 10.2. The van der Waals surface area contributed by atoms with Gasteiger partial charge in [-0.3, -0.25) is 0 Å². The SMILES string of the molecule is CCc1cc(NCCCN(C)C2CCCCC2)nc(C)n1. The Morgan fingerprint density at radius 3 is 2.71 bits per heavy atom. The zero-order chi connectivity index (χ0) is 15.1. The first-order valence-corrected chi connectivity index (χ1v) is 8.47. The molecule has 0 aromatic carbocycles. The summed E-state index contributed by atoms with van der Waals surface area (Å²) < 4.78 is 0. The maximum Gasteiger partial charge on any atom is 0.129 e. The highest BCUT2D eigenvalue weighted by molar-refractivity contribution is 5.35. The standard InChI is InChI=1S/C17H30N4/c1-4-15-13-17(20-14(2)19-15)18-11-8-12-21(3)16-9-6-5-7-10-16/h13,16H,4-12H2,1-3H3,(H,18,19,20). The fraction of sp³-hybridized carbons (Fsp3) is 0.765. The van der Waals surface area contributed by atoms with E-state index in [0.717, 1.165) is 42.8 Å². The molecule has 1 fully saturated rings. The van der Waals surface area contributed by atoms with Gasteiger partial charge in [0, 0.05) is 24.3 Å². The van der Waals surface area contributed by atoms with E-state index in [9.17, 15) is 0 Å². The van der Waals surface area contributed by atoms with Crippen molar-refractivity contribution in [1.82, 2.24) is 14.9 Å². The maximum absolute atomic E-state index is 4.45. The Morgan fingerprint density at radius 2 is 2.00 bits per heavy atom. The molecular formula is C17H30N4. The number of anilines is 1. The molecule has 0 amide bonds. The number of hydrogen-bond acceptors (Lipinski definition) is 4. The van der Waals surface area contributed by atoms with E-state index in [1.165, 1.54) is 38.6 Å². The van der Waals surface area contributed by atoms with Crippen molar-refractivity contribution in [3.8, 4) is 0 Å². The Morgan fingerprint density at radius 1 is 1.24 bits per heavy atom. The number of nitrogens with zero attached hydrogens (tertiary/aromatic N) is 3. The molecule has 4 heteroatoms. The molecule has 0 radical (unpaired) electrons. The van der Waals surface area contributed by atoms with Crippen LogP contribution in [0.3, 0.4) is 0 Å². The van der Waals surface area contributed by atoms with E-state index in [2.05, 4.69) is 40.2 Å². The van der Waals surface area contributed by atoms with Gasteiger partial charge in [0.2, 0.25) is 0 Å². The van der Waals surface area contributed by atoms with Crippen LogP contribution < -0.4 is 5.32 Å². The van der Waals surface area contributed by atoms with Crippen LogP contribution in [0, 0.1) is 6.92 Å². The minimum Gasteiger partial charge on any atom is -0.370 e. The topological polar surface area (TPSA) is 41.0 Å². The number of aryl methyl sites for hydroxylation is 2. The molecule has 1 aromatic heterocycles. The van der Waals surface area contributed by atoms with Crippen molar-refractivity contribution in [2.24, 2.45) is 0 Å². The third-order valence-electron chi connectivity index (χ3n) is 4.44. The summed E-state index contributed by atoms with van der Waals surface area (Å²) in [6.07, 6.45) is 9.14. The van der Waals surface area contributed by atoms with Gasteiger partial charge in [-0.15, -0.1) is 0 Å². The highest BCUT2D eigenvalue weighted by Crippen LogP contribution is 2.21. The number of nitrogens with one attached hydrogen (secondary N) is 1. The lowest BCUT2D eigenvalue weighted by Crippen LogP contribution is -2.34. The lowest BCUT2D eigenvalue weighted by molar-refractivity contribution is 0.191. The van der Waals surface area contributed by atoms with Crippen LogP contribution in [0.5, 0.6) is 0 Å². The molecule has 0 atom stereocenters. The van der Waals surface area contributed by atoms with Crippen LogP contribution in [0.15, 0.2) is 6.07 Å². The second-order valence-corrected chi connectivity index (χ2v) is 6.20. The number of hydrogen-bond donors (Lipinski definition) is 1. The van der Waals surface area contributed by atoms with Crippen LogP contribution in [0.25, 0.3) is 0 Å². The Bertz CT molecular complexity index is 427. The molecule has 0 bridgehead atoms. The Balaban J connectivity index is 1.70. The molecule has 0 saturated heterocycles. The van der Waals surface area contributed by atoms with Gasteiger partial charge in [-0.1, -0.05) is 26.2 Å². The van der Waals surface area contributed by atoms with E-state index in [4.69, 9.17) is 0 Å². The first kappa shape index (κ1) is 16.2. The van der Waals surface area contributed by atoms with Crippen molar-refractivity contribution in [1.29, 1.82) is 0 Å². The van der Waals surface area contributed by atoms with Gasteiger partial charge in [0.1, 0.15) is 11.6 Å². The van der Waals surface area contributed by atoms with E-state index in [-0.39, 0.29) is 0 Å². The average Bonchev–Trinajstić information content (AvgIpc) is 2.51. The molecular weight excluding hydrogens is 260 g/mol. The van der Waals surface area contributed by atoms with Crippen molar-refractivity contribution in [2.75, 3.05) is 25.5 Å². The molecule has 1 aromatic rings. The van der Waals surface area contributed by atoms with Crippen molar-refractivity contribution < 1.29 is 0 Å². The fourth-order valence-corrected chi connectivity index (χ4v) is 3.15. The molecule has 0 unspecified atom stereocenters. The van der Waals surface area contributed by atoms with E-state index in [1.54, 1.807) is 0 Å². The van der Waals surface area contributed by atoms with Gasteiger partial charge in [-0.25, -0.2) is 9.97 Å². The predicted molar refractivity (Wildman–Crippen MR) is 88.8 cm³/mol. The van der Waals surface area contributed by atoms with E-state index in [1.807, 2.05) is 6.92 Å². The van der Waals surface area contributed by atoms with E-state index < -0.39 is 0 Å². The van der Waals surface area contributed by atoms with Crippen molar-refractivity contribution in [3.05, 3.63) is 17.6 Å². The molecule has 118 valence electrons. The van der Waals surface area contributed by atoms with Crippen LogP contribution in [-0.4, -0.2) is 41.0 Å². The third-order valence-corrected chi connectivity index (χ3v) is 4.44. The van der Waals surface area contributed by atoms with Gasteiger partial charge >= 0.3 is 0 Å². The van der Waals surface area contributed by atoms with Crippen molar-refractivity contribution in [2.45, 2.75) is 64.8 Å². The highest BCUT2D eigenvalue weighted by Gasteiger charge is 2.17. The zero-order valence-electron chi connectivity index (χ0n) is 13.9. The molecule has 1 heterocycles. The summed E-state index contributed by atoms with van der Waals surface area (Å²) >= 11 is 0. The van der Waals surface area contributed by atoms with Gasteiger partial charge in [0.25, 0.3) is 0 Å². The molecule has 21 heavy (non-hydrogen) atoms. The Hall–Kier alpha value is -1.16. The van der Waals surface area contributed by atoms with Crippen LogP contribution in [0.1, 0.15) is 57.0 Å². The van der Waals surface area contributed by atoms with Gasteiger partial charge in [-0.05, 0) is 46.2 Å². The normalized spacial score (nSPS) is 16.4. The third kappa shape index (κ3) is 5.27. The summed E-state index contributed by atoms with van der Waals surface area (Å²) in [7, 11) is 2.28. The van der Waals surface area contributed by atoms with E-state index >= 15 is 0 Å². The Labute approximate surface area is 129 Å². The summed E-state index contributed by atoms with van der Waals surface area (Å²) in [5, 5.41) is 3.44. The van der Waals surface area contributed by atoms with Crippen LogP contribution in [-0.2, 0) is 6.42 Å². The maximum atomic E-state index is 4.45. The van der Waals surface area contributed by atoms with Crippen LogP contribution in [0.2, 0.25) is 0 Å². The van der Waals surface area contributed by atoms with Crippen molar-refractivity contribution >= 4 is 5.82 Å². The van der Waals surface area contributed by atoms with Crippen LogP contribution >= 0.6 is 0 Å². The number of rotatable bonds is 7. The minimum atomic E-state index is 0.812. The van der Waals surface area contributed by atoms with E-state index in [0.29, 0.717) is 0 Å². The summed E-state index contributed by atoms with van der Waals surface area (Å²) in [5.74, 6) is 1.83. The second-order valence-electron chi connectivity index (χ2n) is 6.20. The molecule has 0 aliphatic heterocycles. The first-order valence-electron chi connectivity index (χ1n) is 8.47. The molecule has 2 rings (SSSR count). The zero-order valence-corrected chi connectivity index (χ0v) is 13.9. The number of aromatic nitrogens is 2. The average molecular weight is 290 g/mol. The summed E-state index contributed by atoms with van der Waals surface area (Å²) in [4.78, 5) is 11.4. The van der Waals surface area contributed by atoms with Crippen molar-refractivity contribution in [3.63, 3.8) is 0 Å². The minimum absolute atomic E-state index is 0.812. The van der Waals surface area contributed by atoms with Crippen LogP contribution in [0.4, 0.5) is 5.82 Å². The molecule has 1 saturated carbocycles. The molecule has 0 spiro atoms. The van der Waals surface area contributed by atoms with Gasteiger partial charge < -0.3 is 10.2 Å². The predicted octanol–water partition coefficient (Wildman–Crippen LogP) is 3.41. The quantitative estimate of drug-likeness (QED) is 0.781. The lowest BCUT2D eigenvalue weighted by Gasteiger charge is -2.31. The smallest absolute Gasteiger partial charge is 0.129 e. The second kappa shape index (κ2) is 8.32. The largest absolute Gasteiger partial charge is 0.370 e. The molecule has 1 aliphatic rings. The highest BCUT2D eigenvalue weighted by atomic mass is 15.1. The molecule has 1 aliphatic carbocycles. The lowest BCUT2D eigenvalue weighted by atomic mass is 9.94. The fourth-order valence-electron chi connectivity index (χ4n) is 3.15. The van der Waals surface area contributed by atoms with Gasteiger partial charge in [0.05, 0.1) is 0 Å². The molecule has 4 nitrogen and oxygen atoms in total. The Kier molecular flexibility index (Phi) is 6.43. The summed E-state index contributed by atoms with van der Waals surface area (Å²) in [5.41, 5.74) is 1.12. The molecule has 1 N–H and O–H groups in total.